The van der Waals surface area contributed by atoms with E-state index in [1.807, 2.05) is 48.5 Å². The standard InChI is InChI=1S/C21H21BO3/c1-20(2)21(3,4)25-22(24-20)19-16-11-7-5-9-14(16)18(13-23)15-10-6-8-12-17(15)19/h5-13H,1-4H3. The second-order valence-electron chi connectivity index (χ2n) is 7.62. The van der Waals surface area contributed by atoms with Crippen LogP contribution in [0.15, 0.2) is 48.5 Å². The summed E-state index contributed by atoms with van der Waals surface area (Å²) in [6.07, 6.45) is 0.943. The van der Waals surface area contributed by atoms with E-state index in [1.54, 1.807) is 0 Å². The molecule has 25 heavy (non-hydrogen) atoms. The molecule has 4 rings (SSSR count). The number of hydrogen-bond acceptors (Lipinski definition) is 3. The molecular weight excluding hydrogens is 311 g/mol. The van der Waals surface area contributed by atoms with Crippen molar-refractivity contribution < 1.29 is 14.1 Å². The SMILES string of the molecule is CC1(C)OB(c2c3ccccc3c(C=O)c3ccccc23)OC1(C)C. The summed E-state index contributed by atoms with van der Waals surface area (Å²) < 4.78 is 12.7. The van der Waals surface area contributed by atoms with Gasteiger partial charge in [0.05, 0.1) is 11.2 Å². The van der Waals surface area contributed by atoms with Crippen molar-refractivity contribution in [2.24, 2.45) is 0 Å². The third-order valence-electron chi connectivity index (χ3n) is 5.62. The number of hydrogen-bond donors (Lipinski definition) is 0. The first-order valence-electron chi connectivity index (χ1n) is 8.60. The van der Waals surface area contributed by atoms with Crippen molar-refractivity contribution in [1.29, 1.82) is 0 Å². The van der Waals surface area contributed by atoms with Gasteiger partial charge in [-0.3, -0.25) is 4.79 Å². The van der Waals surface area contributed by atoms with Gasteiger partial charge in [-0.15, -0.1) is 0 Å². The molecule has 0 spiro atoms. The van der Waals surface area contributed by atoms with Gasteiger partial charge in [-0.05, 0) is 54.7 Å². The molecule has 3 aromatic carbocycles. The van der Waals surface area contributed by atoms with Gasteiger partial charge in [-0.25, -0.2) is 0 Å². The van der Waals surface area contributed by atoms with Gasteiger partial charge in [0.2, 0.25) is 0 Å². The van der Waals surface area contributed by atoms with Crippen LogP contribution in [0, 0.1) is 0 Å². The molecule has 1 aliphatic heterocycles. The minimum atomic E-state index is -0.472. The molecule has 0 bridgehead atoms. The minimum Gasteiger partial charge on any atom is -0.399 e. The Bertz CT molecular complexity index is 918. The van der Waals surface area contributed by atoms with Gasteiger partial charge in [0.15, 0.2) is 6.29 Å². The van der Waals surface area contributed by atoms with E-state index in [9.17, 15) is 4.79 Å². The van der Waals surface area contributed by atoms with Crippen LogP contribution in [0.3, 0.4) is 0 Å². The summed E-state index contributed by atoms with van der Waals surface area (Å²) in [5.41, 5.74) is 0.883. The van der Waals surface area contributed by atoms with Crippen LogP contribution in [-0.2, 0) is 9.31 Å². The third-order valence-corrected chi connectivity index (χ3v) is 5.62. The lowest BCUT2D eigenvalue weighted by Gasteiger charge is -2.32. The summed E-state index contributed by atoms with van der Waals surface area (Å²) >= 11 is 0. The fourth-order valence-electron chi connectivity index (χ4n) is 3.54. The van der Waals surface area contributed by atoms with E-state index in [1.165, 1.54) is 0 Å². The molecule has 0 amide bonds. The molecule has 1 heterocycles. The van der Waals surface area contributed by atoms with Crippen molar-refractivity contribution in [3.8, 4) is 0 Å². The molecular formula is C21H21BO3. The Morgan fingerprint density at radius 2 is 1.16 bits per heavy atom. The minimum absolute atomic E-state index is 0.413. The van der Waals surface area contributed by atoms with E-state index < -0.39 is 18.3 Å². The van der Waals surface area contributed by atoms with E-state index in [0.717, 1.165) is 33.3 Å². The lowest BCUT2D eigenvalue weighted by molar-refractivity contribution is 0.00578. The number of fused-ring (bicyclic) bond motifs is 2. The zero-order chi connectivity index (χ0) is 17.8. The molecule has 0 atom stereocenters. The lowest BCUT2D eigenvalue weighted by Crippen LogP contribution is -2.41. The van der Waals surface area contributed by atoms with Crippen molar-refractivity contribution in [2.75, 3.05) is 0 Å². The highest BCUT2D eigenvalue weighted by molar-refractivity contribution is 6.68. The van der Waals surface area contributed by atoms with E-state index in [4.69, 9.17) is 9.31 Å². The van der Waals surface area contributed by atoms with Crippen LogP contribution in [0.1, 0.15) is 38.1 Å². The molecule has 0 aliphatic carbocycles. The van der Waals surface area contributed by atoms with Gasteiger partial charge < -0.3 is 9.31 Å². The predicted molar refractivity (Wildman–Crippen MR) is 103 cm³/mol. The van der Waals surface area contributed by atoms with Gasteiger partial charge in [0, 0.05) is 5.56 Å². The molecule has 1 fully saturated rings. The highest BCUT2D eigenvalue weighted by atomic mass is 16.7. The molecule has 0 N–H and O–H groups in total. The number of rotatable bonds is 2. The molecule has 4 heteroatoms. The molecule has 3 nitrogen and oxygen atoms in total. The molecule has 1 aliphatic rings. The average molecular weight is 332 g/mol. The Morgan fingerprint density at radius 1 is 0.760 bits per heavy atom. The van der Waals surface area contributed by atoms with Gasteiger partial charge >= 0.3 is 7.12 Å². The third kappa shape index (κ3) is 2.32. The molecule has 0 aromatic heterocycles. The second-order valence-corrected chi connectivity index (χ2v) is 7.62. The summed E-state index contributed by atoms with van der Waals surface area (Å²) in [6.45, 7) is 8.21. The maximum absolute atomic E-state index is 11.8. The summed E-state index contributed by atoms with van der Waals surface area (Å²) in [5.74, 6) is 0. The van der Waals surface area contributed by atoms with Gasteiger partial charge in [-0.2, -0.15) is 0 Å². The van der Waals surface area contributed by atoms with Crippen molar-refractivity contribution in [2.45, 2.75) is 38.9 Å². The summed E-state index contributed by atoms with van der Waals surface area (Å²) in [7, 11) is -0.472. The maximum atomic E-state index is 11.8. The van der Waals surface area contributed by atoms with Crippen molar-refractivity contribution in [1.82, 2.24) is 0 Å². The van der Waals surface area contributed by atoms with Crippen molar-refractivity contribution in [3.63, 3.8) is 0 Å². The fourth-order valence-corrected chi connectivity index (χ4v) is 3.54. The van der Waals surface area contributed by atoms with Gasteiger partial charge in [0.1, 0.15) is 0 Å². The van der Waals surface area contributed by atoms with Crippen LogP contribution in [0.25, 0.3) is 21.5 Å². The zero-order valence-corrected chi connectivity index (χ0v) is 15.0. The largest absolute Gasteiger partial charge is 0.496 e. The number of carbonyl (C=O) groups excluding carboxylic acids is 1. The highest BCUT2D eigenvalue weighted by Crippen LogP contribution is 2.38. The van der Waals surface area contributed by atoms with E-state index >= 15 is 0 Å². The molecule has 0 saturated carbocycles. The molecule has 1 saturated heterocycles. The quantitative estimate of drug-likeness (QED) is 0.403. The summed E-state index contributed by atoms with van der Waals surface area (Å²) in [6, 6.07) is 15.9. The van der Waals surface area contributed by atoms with Gasteiger partial charge in [-0.1, -0.05) is 48.5 Å². The molecule has 126 valence electrons. The zero-order valence-electron chi connectivity index (χ0n) is 15.0. The van der Waals surface area contributed by atoms with Crippen LogP contribution in [0.4, 0.5) is 0 Å². The smallest absolute Gasteiger partial charge is 0.399 e. The van der Waals surface area contributed by atoms with Crippen molar-refractivity contribution in [3.05, 3.63) is 54.1 Å². The first-order valence-corrected chi connectivity index (χ1v) is 8.60. The lowest BCUT2D eigenvalue weighted by atomic mass is 9.72. The predicted octanol–water partition coefficient (Wildman–Crippen LogP) is 4.10. The topological polar surface area (TPSA) is 35.5 Å². The Hall–Kier alpha value is -2.17. The van der Waals surface area contributed by atoms with Crippen LogP contribution in [0.2, 0.25) is 0 Å². The van der Waals surface area contributed by atoms with E-state index in [2.05, 4.69) is 27.7 Å². The summed E-state index contributed by atoms with van der Waals surface area (Å²) in [5, 5.41) is 3.87. The normalized spacial score (nSPS) is 18.8. The van der Waals surface area contributed by atoms with Crippen LogP contribution >= 0.6 is 0 Å². The second kappa shape index (κ2) is 5.42. The fraction of sp³-hybridized carbons (Fsp3) is 0.286. The number of carbonyl (C=O) groups is 1. The average Bonchev–Trinajstić information content (AvgIpc) is 2.79. The molecule has 0 radical (unpaired) electrons. The van der Waals surface area contributed by atoms with E-state index in [0.29, 0.717) is 5.56 Å². The number of aldehydes is 1. The monoisotopic (exact) mass is 332 g/mol. The summed E-state index contributed by atoms with van der Waals surface area (Å²) in [4.78, 5) is 11.8. The Morgan fingerprint density at radius 3 is 1.56 bits per heavy atom. The molecule has 3 aromatic rings. The highest BCUT2D eigenvalue weighted by Gasteiger charge is 2.52. The van der Waals surface area contributed by atoms with E-state index in [-0.39, 0.29) is 0 Å². The van der Waals surface area contributed by atoms with Crippen molar-refractivity contribution >= 4 is 40.4 Å². The van der Waals surface area contributed by atoms with Crippen LogP contribution in [0.5, 0.6) is 0 Å². The maximum Gasteiger partial charge on any atom is 0.496 e. The van der Waals surface area contributed by atoms with Crippen LogP contribution < -0.4 is 5.46 Å². The van der Waals surface area contributed by atoms with Crippen LogP contribution in [-0.4, -0.2) is 24.6 Å². The van der Waals surface area contributed by atoms with Gasteiger partial charge in [0.25, 0.3) is 0 Å². The molecule has 0 unspecified atom stereocenters. The Labute approximate surface area is 148 Å². The first kappa shape index (κ1) is 16.3. The first-order chi connectivity index (χ1) is 11.9. The number of benzene rings is 3. The Kier molecular flexibility index (Phi) is 3.53. The Balaban J connectivity index is 2.08.